The summed E-state index contributed by atoms with van der Waals surface area (Å²) in [6.07, 6.45) is 4.55. The van der Waals surface area contributed by atoms with Crippen LogP contribution in [-0.2, 0) is 14.8 Å². The molecule has 5 aromatic rings. The molecular weight excluding hydrogens is 494 g/mol. The fraction of sp³-hybridized carbons (Fsp3) is 0. The molecule has 0 aliphatic rings. The summed E-state index contributed by atoms with van der Waals surface area (Å²) in [5, 5.41) is 7.33. The molecule has 0 unspecified atom stereocenters. The molecular formula is C28H20ClN3O3S. The molecule has 0 bridgehead atoms. The highest BCUT2D eigenvalue weighted by molar-refractivity contribution is 7.90. The van der Waals surface area contributed by atoms with E-state index >= 15 is 0 Å². The van der Waals surface area contributed by atoms with Crippen molar-refractivity contribution in [3.05, 3.63) is 120 Å². The fourth-order valence-corrected chi connectivity index (χ4v) is 4.86. The molecule has 0 radical (unpaired) electrons. The molecule has 1 N–H and O–H groups in total. The van der Waals surface area contributed by atoms with Crippen molar-refractivity contribution in [1.29, 1.82) is 0 Å². The maximum atomic E-state index is 12.5. The first-order chi connectivity index (χ1) is 17.4. The molecule has 36 heavy (non-hydrogen) atoms. The molecule has 5 rings (SSSR count). The third-order valence-corrected chi connectivity index (χ3v) is 7.17. The summed E-state index contributed by atoms with van der Waals surface area (Å²) in [4.78, 5) is 12.5. The summed E-state index contributed by atoms with van der Waals surface area (Å²) < 4.78 is 28.9. The lowest BCUT2D eigenvalue weighted by Gasteiger charge is -2.05. The van der Waals surface area contributed by atoms with Gasteiger partial charge in [-0.25, -0.2) is 17.8 Å². The Morgan fingerprint density at radius 2 is 1.56 bits per heavy atom. The van der Waals surface area contributed by atoms with Gasteiger partial charge in [-0.2, -0.15) is 5.10 Å². The molecule has 0 aliphatic carbocycles. The number of aromatic nitrogens is 2. The monoisotopic (exact) mass is 513 g/mol. The van der Waals surface area contributed by atoms with Gasteiger partial charge in [0.25, 0.3) is 15.9 Å². The summed E-state index contributed by atoms with van der Waals surface area (Å²) in [6, 6.07) is 29.2. The summed E-state index contributed by atoms with van der Waals surface area (Å²) in [6.45, 7) is 0. The first-order valence-electron chi connectivity index (χ1n) is 11.0. The summed E-state index contributed by atoms with van der Waals surface area (Å²) >= 11 is 5.83. The van der Waals surface area contributed by atoms with Crippen LogP contribution in [-0.4, -0.2) is 24.1 Å². The van der Waals surface area contributed by atoms with Crippen molar-refractivity contribution in [2.45, 2.75) is 4.90 Å². The van der Waals surface area contributed by atoms with Crippen molar-refractivity contribution < 1.29 is 13.2 Å². The van der Waals surface area contributed by atoms with Gasteiger partial charge in [0, 0.05) is 28.4 Å². The molecule has 4 aromatic carbocycles. The number of sulfonamides is 1. The normalized spacial score (nSPS) is 11.7. The first kappa shape index (κ1) is 23.5. The molecule has 8 heteroatoms. The zero-order valence-corrected chi connectivity index (χ0v) is 20.4. The molecule has 0 saturated carbocycles. The third kappa shape index (κ3) is 5.07. The predicted molar refractivity (Wildman–Crippen MR) is 142 cm³/mol. The molecule has 1 amide bonds. The van der Waals surface area contributed by atoms with Crippen LogP contribution in [0.4, 0.5) is 0 Å². The van der Waals surface area contributed by atoms with Gasteiger partial charge in [-0.1, -0.05) is 66.2 Å². The number of amides is 1. The second-order valence-corrected chi connectivity index (χ2v) is 10.2. The molecule has 0 fully saturated rings. The molecule has 178 valence electrons. The Labute approximate surface area is 213 Å². The van der Waals surface area contributed by atoms with Gasteiger partial charge in [-0.05, 0) is 59.3 Å². The number of hydrogen-bond acceptors (Lipinski definition) is 4. The SMILES string of the molecule is O=C(/C=C/c1cn(-c2ccccc2)nc1-c1ccc2ccccc2c1)NS(=O)(=O)c1ccc(Cl)cc1. The van der Waals surface area contributed by atoms with Gasteiger partial charge < -0.3 is 0 Å². The summed E-state index contributed by atoms with van der Waals surface area (Å²) in [5.74, 6) is -0.776. The number of para-hydroxylation sites is 1. The van der Waals surface area contributed by atoms with Crippen LogP contribution in [0.2, 0.25) is 5.02 Å². The summed E-state index contributed by atoms with van der Waals surface area (Å²) in [5.41, 5.74) is 3.05. The van der Waals surface area contributed by atoms with Gasteiger partial charge in [-0.15, -0.1) is 0 Å². The van der Waals surface area contributed by atoms with Crippen LogP contribution >= 0.6 is 11.6 Å². The standard InChI is InChI=1S/C28H20ClN3O3S/c29-24-13-15-26(16-14-24)36(34,35)31-27(33)17-12-23-19-32(25-8-2-1-3-9-25)30-28(23)22-11-10-20-6-4-5-7-21(20)18-22/h1-19H,(H,31,33)/b17-12+. The number of carbonyl (C=O) groups excluding carboxylic acids is 1. The van der Waals surface area contributed by atoms with Crippen LogP contribution in [0.25, 0.3) is 33.8 Å². The fourth-order valence-electron chi connectivity index (χ4n) is 3.79. The van der Waals surface area contributed by atoms with E-state index in [9.17, 15) is 13.2 Å². The average Bonchev–Trinajstić information content (AvgIpc) is 3.32. The second-order valence-electron chi connectivity index (χ2n) is 8.03. The molecule has 1 aromatic heterocycles. The number of rotatable bonds is 6. The van der Waals surface area contributed by atoms with Crippen LogP contribution in [0.15, 0.2) is 114 Å². The van der Waals surface area contributed by atoms with E-state index in [1.54, 1.807) is 17.0 Å². The number of halogens is 1. The molecule has 1 heterocycles. The smallest absolute Gasteiger partial charge is 0.264 e. The minimum Gasteiger partial charge on any atom is -0.269 e. The maximum Gasteiger partial charge on any atom is 0.264 e. The minimum atomic E-state index is -4.04. The van der Waals surface area contributed by atoms with E-state index in [4.69, 9.17) is 16.7 Å². The van der Waals surface area contributed by atoms with Crippen molar-refractivity contribution in [3.8, 4) is 16.9 Å². The Kier molecular flexibility index (Phi) is 6.41. The number of hydrogen-bond donors (Lipinski definition) is 1. The van der Waals surface area contributed by atoms with E-state index in [1.165, 1.54) is 30.3 Å². The zero-order valence-electron chi connectivity index (χ0n) is 18.9. The number of nitrogens with one attached hydrogen (secondary N) is 1. The van der Waals surface area contributed by atoms with Crippen LogP contribution in [0.1, 0.15) is 5.56 Å². The van der Waals surface area contributed by atoms with E-state index in [-0.39, 0.29) is 4.90 Å². The largest absolute Gasteiger partial charge is 0.269 e. The molecule has 6 nitrogen and oxygen atoms in total. The third-order valence-electron chi connectivity index (χ3n) is 5.56. The van der Waals surface area contributed by atoms with Crippen LogP contribution in [0.3, 0.4) is 0 Å². The Hall–Kier alpha value is -4.20. The Balaban J connectivity index is 1.48. The molecule has 0 saturated heterocycles. The van der Waals surface area contributed by atoms with E-state index in [0.29, 0.717) is 16.3 Å². The highest BCUT2D eigenvalue weighted by Crippen LogP contribution is 2.28. The second kappa shape index (κ2) is 9.81. The zero-order chi connectivity index (χ0) is 25.1. The number of nitrogens with zero attached hydrogens (tertiary/aromatic N) is 2. The lowest BCUT2D eigenvalue weighted by atomic mass is 10.0. The van der Waals surface area contributed by atoms with Crippen molar-refractivity contribution in [1.82, 2.24) is 14.5 Å². The van der Waals surface area contributed by atoms with E-state index in [0.717, 1.165) is 22.0 Å². The summed E-state index contributed by atoms with van der Waals surface area (Å²) in [7, 11) is -4.04. The number of carbonyl (C=O) groups is 1. The van der Waals surface area contributed by atoms with Gasteiger partial charge in [-0.3, -0.25) is 4.79 Å². The van der Waals surface area contributed by atoms with Gasteiger partial charge in [0.15, 0.2) is 0 Å². The Bertz CT molecular complexity index is 1690. The Morgan fingerprint density at radius 1 is 0.861 bits per heavy atom. The van der Waals surface area contributed by atoms with E-state index < -0.39 is 15.9 Å². The van der Waals surface area contributed by atoms with Gasteiger partial charge in [0.2, 0.25) is 0 Å². The van der Waals surface area contributed by atoms with Crippen molar-refractivity contribution >= 4 is 44.4 Å². The quantitative estimate of drug-likeness (QED) is 0.288. The number of benzene rings is 4. The highest BCUT2D eigenvalue weighted by Gasteiger charge is 2.17. The van der Waals surface area contributed by atoms with Crippen molar-refractivity contribution in [3.63, 3.8) is 0 Å². The lowest BCUT2D eigenvalue weighted by Crippen LogP contribution is -2.28. The van der Waals surface area contributed by atoms with E-state index in [2.05, 4.69) is 4.72 Å². The first-order valence-corrected chi connectivity index (χ1v) is 12.9. The topological polar surface area (TPSA) is 81.1 Å². The average molecular weight is 514 g/mol. The minimum absolute atomic E-state index is 0.0533. The number of fused-ring (bicyclic) bond motifs is 1. The molecule has 0 atom stereocenters. The highest BCUT2D eigenvalue weighted by atomic mass is 35.5. The predicted octanol–water partition coefficient (Wildman–Crippen LogP) is 5.86. The van der Waals surface area contributed by atoms with Gasteiger partial charge >= 0.3 is 0 Å². The van der Waals surface area contributed by atoms with Crippen LogP contribution in [0, 0.1) is 0 Å². The van der Waals surface area contributed by atoms with Crippen molar-refractivity contribution in [2.24, 2.45) is 0 Å². The van der Waals surface area contributed by atoms with Crippen LogP contribution < -0.4 is 4.72 Å². The lowest BCUT2D eigenvalue weighted by molar-refractivity contribution is -0.114. The van der Waals surface area contributed by atoms with Crippen molar-refractivity contribution in [2.75, 3.05) is 0 Å². The van der Waals surface area contributed by atoms with Gasteiger partial charge in [0.1, 0.15) is 0 Å². The Morgan fingerprint density at radius 3 is 2.31 bits per heavy atom. The van der Waals surface area contributed by atoms with Gasteiger partial charge in [0.05, 0.1) is 16.3 Å². The van der Waals surface area contributed by atoms with Crippen LogP contribution in [0.5, 0.6) is 0 Å². The molecule has 0 spiro atoms. The van der Waals surface area contributed by atoms with E-state index in [1.807, 2.05) is 72.8 Å². The molecule has 0 aliphatic heterocycles. The maximum absolute atomic E-state index is 12.5.